The monoisotopic (exact) mass is 760 g/mol. The Bertz CT molecular complexity index is 1570. The molecule has 2 saturated carbocycles. The van der Waals surface area contributed by atoms with Crippen LogP contribution in [-0.2, 0) is 31.9 Å². The lowest BCUT2D eigenvalue weighted by atomic mass is 9.69. The standard InChI is InChI=1S/C47H68O8/c1-8-11-35-13-17-38(18-14-35)39-19-15-36(16-20-39)27-53-41-21-22-42(34(7)24-41)43-25-40(12-10-23-52-45(50)32(3)4)44(26-37(43)9-2)54-30-47(28-48,29-49)31-55-46(51)33(5)6/h21-22,24-26,35-36,38-39,48-49H,3,5,8-20,23,27-31H2,1-2,4,6-7H3. The lowest BCUT2D eigenvalue weighted by Gasteiger charge is -2.37. The molecule has 0 saturated heterocycles. The number of hydrogen-bond acceptors (Lipinski definition) is 8. The molecule has 2 fully saturated rings. The third-order valence-corrected chi connectivity index (χ3v) is 12.0. The maximum atomic E-state index is 12.1. The maximum absolute atomic E-state index is 12.1. The Labute approximate surface area is 330 Å². The van der Waals surface area contributed by atoms with Gasteiger partial charge in [-0.2, -0.15) is 0 Å². The summed E-state index contributed by atoms with van der Waals surface area (Å²) in [6.45, 7) is 16.7. The first-order valence-electron chi connectivity index (χ1n) is 20.8. The van der Waals surface area contributed by atoms with Crippen molar-refractivity contribution in [2.75, 3.05) is 39.6 Å². The van der Waals surface area contributed by atoms with E-state index in [2.05, 4.69) is 58.2 Å². The summed E-state index contributed by atoms with van der Waals surface area (Å²) in [5, 5.41) is 20.5. The normalized spacial score (nSPS) is 20.1. The fourth-order valence-electron chi connectivity index (χ4n) is 8.36. The number of carbonyl (C=O) groups excluding carboxylic acids is 2. The molecule has 0 atom stereocenters. The second kappa shape index (κ2) is 21.6. The molecule has 0 bridgehead atoms. The molecule has 0 aromatic heterocycles. The van der Waals surface area contributed by atoms with Gasteiger partial charge >= 0.3 is 11.9 Å². The minimum atomic E-state index is -1.22. The largest absolute Gasteiger partial charge is 0.493 e. The van der Waals surface area contributed by atoms with Gasteiger partial charge in [0.2, 0.25) is 0 Å². The minimum absolute atomic E-state index is 0.0869. The Morgan fingerprint density at radius 1 is 0.764 bits per heavy atom. The number of aliphatic hydroxyl groups is 2. The van der Waals surface area contributed by atoms with Gasteiger partial charge in [-0.1, -0.05) is 58.8 Å². The van der Waals surface area contributed by atoms with Crippen molar-refractivity contribution < 1.29 is 38.7 Å². The van der Waals surface area contributed by atoms with Gasteiger partial charge in [0.1, 0.15) is 24.7 Å². The summed E-state index contributed by atoms with van der Waals surface area (Å²) in [7, 11) is 0. The van der Waals surface area contributed by atoms with E-state index >= 15 is 0 Å². The Balaban J connectivity index is 1.45. The van der Waals surface area contributed by atoms with Crippen molar-refractivity contribution in [3.63, 3.8) is 0 Å². The van der Waals surface area contributed by atoms with Gasteiger partial charge in [-0.05, 0) is 154 Å². The van der Waals surface area contributed by atoms with Crippen LogP contribution in [0.4, 0.5) is 0 Å². The number of carbonyl (C=O) groups is 2. The van der Waals surface area contributed by atoms with E-state index in [1.54, 1.807) is 13.8 Å². The van der Waals surface area contributed by atoms with Gasteiger partial charge in [0.05, 0.1) is 31.8 Å². The molecule has 0 spiro atoms. The van der Waals surface area contributed by atoms with Gasteiger partial charge in [0.25, 0.3) is 0 Å². The first-order chi connectivity index (χ1) is 26.4. The lowest BCUT2D eigenvalue weighted by molar-refractivity contribution is -0.146. The molecule has 8 nitrogen and oxygen atoms in total. The molecule has 4 rings (SSSR count). The molecule has 0 radical (unpaired) electrons. The molecule has 2 aliphatic carbocycles. The summed E-state index contributed by atoms with van der Waals surface area (Å²) in [6.07, 6.45) is 15.5. The summed E-state index contributed by atoms with van der Waals surface area (Å²) in [4.78, 5) is 24.1. The van der Waals surface area contributed by atoms with E-state index in [1.807, 2.05) is 6.07 Å². The highest BCUT2D eigenvalue weighted by atomic mass is 16.5. The van der Waals surface area contributed by atoms with Crippen LogP contribution in [-0.4, -0.2) is 61.8 Å². The van der Waals surface area contributed by atoms with Crippen LogP contribution in [0, 0.1) is 36.0 Å². The van der Waals surface area contributed by atoms with Crippen LogP contribution in [0.5, 0.6) is 11.5 Å². The number of esters is 2. The first-order valence-corrected chi connectivity index (χ1v) is 20.8. The van der Waals surface area contributed by atoms with Crippen molar-refractivity contribution in [3.8, 4) is 22.6 Å². The van der Waals surface area contributed by atoms with Gasteiger partial charge in [-0.15, -0.1) is 0 Å². The third kappa shape index (κ3) is 12.7. The highest BCUT2D eigenvalue weighted by Gasteiger charge is 2.33. The quantitative estimate of drug-likeness (QED) is 0.0736. The summed E-state index contributed by atoms with van der Waals surface area (Å²) < 4.78 is 23.5. The molecule has 0 aliphatic heterocycles. The number of rotatable bonds is 21. The number of hydrogen-bond donors (Lipinski definition) is 2. The molecule has 2 aromatic rings. The topological polar surface area (TPSA) is 112 Å². The molecular weight excluding hydrogens is 693 g/mol. The Morgan fingerprint density at radius 2 is 1.38 bits per heavy atom. The van der Waals surface area contributed by atoms with Crippen molar-refractivity contribution in [1.82, 2.24) is 0 Å². The number of aliphatic hydroxyl groups excluding tert-OH is 2. The van der Waals surface area contributed by atoms with Crippen molar-refractivity contribution in [2.45, 2.75) is 118 Å². The minimum Gasteiger partial charge on any atom is -0.493 e. The predicted molar refractivity (Wildman–Crippen MR) is 219 cm³/mol. The molecule has 55 heavy (non-hydrogen) atoms. The number of benzene rings is 2. The molecule has 2 aliphatic rings. The number of aryl methyl sites for hydroxylation is 3. The smallest absolute Gasteiger partial charge is 0.333 e. The average molecular weight is 761 g/mol. The van der Waals surface area contributed by atoms with Crippen LogP contribution >= 0.6 is 0 Å². The second-order valence-electron chi connectivity index (χ2n) is 16.6. The van der Waals surface area contributed by atoms with E-state index in [0.29, 0.717) is 30.1 Å². The van der Waals surface area contributed by atoms with Crippen molar-refractivity contribution >= 4 is 11.9 Å². The van der Waals surface area contributed by atoms with Crippen molar-refractivity contribution in [3.05, 3.63) is 71.3 Å². The first kappa shape index (κ1) is 44.1. The zero-order valence-electron chi connectivity index (χ0n) is 34.4. The molecule has 2 aromatic carbocycles. The highest BCUT2D eigenvalue weighted by Crippen LogP contribution is 2.42. The van der Waals surface area contributed by atoms with E-state index < -0.39 is 30.6 Å². The average Bonchev–Trinajstić information content (AvgIpc) is 3.19. The maximum Gasteiger partial charge on any atom is 0.333 e. The van der Waals surface area contributed by atoms with Crippen molar-refractivity contribution in [1.29, 1.82) is 0 Å². The fraction of sp³-hybridized carbons (Fsp3) is 0.617. The summed E-state index contributed by atoms with van der Waals surface area (Å²) in [5.74, 6) is 3.89. The van der Waals surface area contributed by atoms with E-state index in [-0.39, 0.29) is 25.4 Å². The molecule has 2 N–H and O–H groups in total. The Hall–Kier alpha value is -3.62. The van der Waals surface area contributed by atoms with Crippen molar-refractivity contribution in [2.24, 2.45) is 29.1 Å². The number of ether oxygens (including phenoxy) is 4. The van der Waals surface area contributed by atoms with Crippen LogP contribution in [0.3, 0.4) is 0 Å². The fourth-order valence-corrected chi connectivity index (χ4v) is 8.36. The second-order valence-corrected chi connectivity index (χ2v) is 16.6. The van der Waals surface area contributed by atoms with Gasteiger partial charge in [0, 0.05) is 11.1 Å². The molecular formula is C47H68O8. The molecule has 0 amide bonds. The summed E-state index contributed by atoms with van der Waals surface area (Å²) in [5.41, 5.74) is 4.63. The van der Waals surface area contributed by atoms with Crippen LogP contribution in [0.15, 0.2) is 54.6 Å². The molecule has 0 unspecified atom stereocenters. The van der Waals surface area contributed by atoms with Gasteiger partial charge in [0.15, 0.2) is 0 Å². The van der Waals surface area contributed by atoms with E-state index in [0.717, 1.165) is 64.3 Å². The lowest BCUT2D eigenvalue weighted by Crippen LogP contribution is -2.41. The Kier molecular flexibility index (Phi) is 17.3. The summed E-state index contributed by atoms with van der Waals surface area (Å²) >= 11 is 0. The van der Waals surface area contributed by atoms with Crippen LogP contribution in [0.2, 0.25) is 0 Å². The zero-order valence-corrected chi connectivity index (χ0v) is 34.4. The zero-order chi connectivity index (χ0) is 40.0. The molecule has 0 heterocycles. The molecule has 304 valence electrons. The SMILES string of the molecule is C=C(C)C(=O)OCCCc1cc(-c2ccc(OCC3CCC(C4CCC(CCC)CC4)CC3)cc2C)c(CC)cc1OCC(CO)(CO)COC(=O)C(=C)C. The van der Waals surface area contributed by atoms with Gasteiger partial charge < -0.3 is 29.2 Å². The predicted octanol–water partition coefficient (Wildman–Crippen LogP) is 9.54. The van der Waals surface area contributed by atoms with Crippen LogP contribution in [0.25, 0.3) is 11.1 Å². The van der Waals surface area contributed by atoms with Crippen LogP contribution < -0.4 is 9.47 Å². The van der Waals surface area contributed by atoms with E-state index in [4.69, 9.17) is 18.9 Å². The molecule has 8 heteroatoms. The third-order valence-electron chi connectivity index (χ3n) is 12.0. The van der Waals surface area contributed by atoms with E-state index in [9.17, 15) is 19.8 Å². The Morgan fingerprint density at radius 3 is 1.95 bits per heavy atom. The van der Waals surface area contributed by atoms with Gasteiger partial charge in [-0.3, -0.25) is 0 Å². The van der Waals surface area contributed by atoms with Gasteiger partial charge in [-0.25, -0.2) is 9.59 Å². The summed E-state index contributed by atoms with van der Waals surface area (Å²) in [6, 6.07) is 10.5. The van der Waals surface area contributed by atoms with E-state index in [1.165, 1.54) is 64.2 Å². The highest BCUT2D eigenvalue weighted by molar-refractivity contribution is 5.87. The van der Waals surface area contributed by atoms with Crippen LogP contribution in [0.1, 0.15) is 115 Å².